The number of carbonyl (C=O) groups excluding carboxylic acids is 1. The molecule has 0 aliphatic heterocycles. The number of benzene rings is 2. The Balaban J connectivity index is 1.84. The second-order valence-electron chi connectivity index (χ2n) is 7.94. The largest absolute Gasteiger partial charge is 0.378 e. The first-order chi connectivity index (χ1) is 13.8. The Morgan fingerprint density at radius 1 is 1.07 bits per heavy atom. The third-order valence-corrected chi connectivity index (χ3v) is 4.64. The second kappa shape index (κ2) is 8.90. The lowest BCUT2D eigenvalue weighted by Crippen LogP contribution is -2.18. The van der Waals surface area contributed by atoms with E-state index >= 15 is 0 Å². The molecule has 0 spiro atoms. The Bertz CT molecular complexity index is 956. The van der Waals surface area contributed by atoms with Gasteiger partial charge in [0.15, 0.2) is 5.82 Å². The highest BCUT2D eigenvalue weighted by Gasteiger charge is 2.18. The molecule has 1 aromatic heterocycles. The number of nitrogens with zero attached hydrogens (tertiary/aromatic N) is 4. The van der Waals surface area contributed by atoms with E-state index in [9.17, 15) is 4.79 Å². The maximum absolute atomic E-state index is 12.7. The average Bonchev–Trinajstić information content (AvgIpc) is 3.11. The summed E-state index contributed by atoms with van der Waals surface area (Å²) in [5.41, 5.74) is 4.32. The molecule has 6 nitrogen and oxygen atoms in total. The lowest BCUT2D eigenvalue weighted by Gasteiger charge is -2.13. The molecule has 0 saturated heterocycles. The van der Waals surface area contributed by atoms with Crippen LogP contribution in [0.2, 0.25) is 0 Å². The molecule has 1 heterocycles. The topological polar surface area (TPSA) is 63.1 Å². The van der Waals surface area contributed by atoms with Crippen molar-refractivity contribution in [2.75, 3.05) is 24.3 Å². The third kappa shape index (κ3) is 5.22. The first-order valence-electron chi connectivity index (χ1n) is 9.91. The molecule has 0 unspecified atom stereocenters. The Hall–Kier alpha value is -3.15. The van der Waals surface area contributed by atoms with Gasteiger partial charge in [0.05, 0.1) is 0 Å². The van der Waals surface area contributed by atoms with Gasteiger partial charge in [-0.25, -0.2) is 0 Å². The number of hydrogen-bond acceptors (Lipinski definition) is 5. The highest BCUT2D eigenvalue weighted by molar-refractivity contribution is 5.81. The molecule has 29 heavy (non-hydrogen) atoms. The quantitative estimate of drug-likeness (QED) is 0.637. The van der Waals surface area contributed by atoms with Crippen molar-refractivity contribution in [2.45, 2.75) is 33.7 Å². The van der Waals surface area contributed by atoms with Crippen LogP contribution in [0.1, 0.15) is 36.2 Å². The summed E-state index contributed by atoms with van der Waals surface area (Å²) in [5, 5.41) is 7.79. The second-order valence-corrected chi connectivity index (χ2v) is 7.94. The summed E-state index contributed by atoms with van der Waals surface area (Å²) < 4.78 is 1.41. The zero-order chi connectivity index (χ0) is 21.0. The first kappa shape index (κ1) is 20.6. The lowest BCUT2D eigenvalue weighted by atomic mass is 10.1. The minimum Gasteiger partial charge on any atom is -0.378 e. The van der Waals surface area contributed by atoms with Crippen molar-refractivity contribution >= 4 is 17.5 Å². The number of hydrogen-bond donors (Lipinski definition) is 1. The van der Waals surface area contributed by atoms with E-state index in [0.717, 1.165) is 16.8 Å². The van der Waals surface area contributed by atoms with Gasteiger partial charge in [0.25, 0.3) is 0 Å². The maximum Gasteiger partial charge on any atom is 0.250 e. The van der Waals surface area contributed by atoms with Crippen LogP contribution in [-0.4, -0.2) is 34.8 Å². The number of rotatable bonds is 7. The summed E-state index contributed by atoms with van der Waals surface area (Å²) in [6, 6.07) is 16.3. The number of aryl methyl sites for hydroxylation is 1. The Morgan fingerprint density at radius 3 is 2.31 bits per heavy atom. The Labute approximate surface area is 172 Å². The third-order valence-electron chi connectivity index (χ3n) is 4.64. The van der Waals surface area contributed by atoms with Gasteiger partial charge in [-0.3, -0.25) is 4.79 Å². The van der Waals surface area contributed by atoms with Gasteiger partial charge in [0.1, 0.15) is 0 Å². The average molecular weight is 392 g/mol. The van der Waals surface area contributed by atoms with Crippen LogP contribution in [0, 0.1) is 12.8 Å². The lowest BCUT2D eigenvalue weighted by molar-refractivity contribution is 0.0873. The van der Waals surface area contributed by atoms with Gasteiger partial charge in [-0.1, -0.05) is 55.8 Å². The molecule has 1 N–H and O–H groups in total. The predicted molar refractivity (Wildman–Crippen MR) is 118 cm³/mol. The first-order valence-corrected chi connectivity index (χ1v) is 9.91. The van der Waals surface area contributed by atoms with Gasteiger partial charge in [-0.05, 0) is 30.5 Å². The van der Waals surface area contributed by atoms with Crippen molar-refractivity contribution in [3.05, 3.63) is 59.7 Å². The molecule has 3 aromatic rings. The van der Waals surface area contributed by atoms with E-state index < -0.39 is 0 Å². The SMILES string of the molecule is Cc1ccc(-c2nc(NCc3ccc(N(C)C)cc3)n(C(=O)CC(C)C)n2)cc1. The van der Waals surface area contributed by atoms with E-state index in [1.54, 1.807) is 0 Å². The summed E-state index contributed by atoms with van der Waals surface area (Å²) >= 11 is 0. The number of anilines is 2. The van der Waals surface area contributed by atoms with Crippen LogP contribution in [0.5, 0.6) is 0 Å². The van der Waals surface area contributed by atoms with Crippen molar-refractivity contribution in [3.63, 3.8) is 0 Å². The van der Waals surface area contributed by atoms with Gasteiger partial charge in [0, 0.05) is 38.3 Å². The predicted octanol–water partition coefficient (Wildman–Crippen LogP) is 4.62. The summed E-state index contributed by atoms with van der Waals surface area (Å²) in [6.07, 6.45) is 0.420. The zero-order valence-corrected chi connectivity index (χ0v) is 17.8. The van der Waals surface area contributed by atoms with Gasteiger partial charge in [0.2, 0.25) is 11.9 Å². The summed E-state index contributed by atoms with van der Waals surface area (Å²) in [5.74, 6) is 1.22. The molecule has 6 heteroatoms. The molecule has 0 bridgehead atoms. The fourth-order valence-corrected chi connectivity index (χ4v) is 2.95. The standard InChI is InChI=1S/C23H29N5O/c1-16(2)14-21(29)28-23(24-15-18-8-12-20(13-9-18)27(4)5)25-22(26-28)19-10-6-17(3)7-11-19/h6-13,16H,14-15H2,1-5H3,(H,24,25,26). The maximum atomic E-state index is 12.7. The van der Waals surface area contributed by atoms with E-state index in [1.165, 1.54) is 10.2 Å². The van der Waals surface area contributed by atoms with Crippen LogP contribution in [0.3, 0.4) is 0 Å². The summed E-state index contributed by atoms with van der Waals surface area (Å²) in [7, 11) is 4.03. The monoisotopic (exact) mass is 391 g/mol. The van der Waals surface area contributed by atoms with E-state index in [4.69, 9.17) is 0 Å². The molecule has 0 saturated carbocycles. The molecule has 2 aromatic carbocycles. The van der Waals surface area contributed by atoms with E-state index in [-0.39, 0.29) is 11.8 Å². The molecule has 3 rings (SSSR count). The fraction of sp³-hybridized carbons (Fsp3) is 0.348. The molecular weight excluding hydrogens is 362 g/mol. The van der Waals surface area contributed by atoms with Crippen LogP contribution >= 0.6 is 0 Å². The molecule has 152 valence electrons. The molecule has 0 atom stereocenters. The van der Waals surface area contributed by atoms with Crippen molar-refractivity contribution in [3.8, 4) is 11.4 Å². The summed E-state index contributed by atoms with van der Waals surface area (Å²) in [6.45, 7) is 6.65. The van der Waals surface area contributed by atoms with Crippen LogP contribution in [0.25, 0.3) is 11.4 Å². The molecule has 0 radical (unpaired) electrons. The van der Waals surface area contributed by atoms with Crippen molar-refractivity contribution in [1.29, 1.82) is 0 Å². The van der Waals surface area contributed by atoms with Gasteiger partial charge < -0.3 is 10.2 Å². The van der Waals surface area contributed by atoms with Gasteiger partial charge >= 0.3 is 0 Å². The van der Waals surface area contributed by atoms with Crippen LogP contribution in [-0.2, 0) is 6.54 Å². The highest BCUT2D eigenvalue weighted by atomic mass is 16.2. The normalized spacial score (nSPS) is 11.0. The molecule has 0 aliphatic rings. The van der Waals surface area contributed by atoms with E-state index in [0.29, 0.717) is 24.7 Å². The highest BCUT2D eigenvalue weighted by Crippen LogP contribution is 2.20. The van der Waals surface area contributed by atoms with Crippen LogP contribution in [0.15, 0.2) is 48.5 Å². The van der Waals surface area contributed by atoms with Crippen molar-refractivity contribution in [2.24, 2.45) is 5.92 Å². The smallest absolute Gasteiger partial charge is 0.250 e. The van der Waals surface area contributed by atoms with Gasteiger partial charge in [-0.2, -0.15) is 9.67 Å². The van der Waals surface area contributed by atoms with Crippen molar-refractivity contribution in [1.82, 2.24) is 14.8 Å². The number of carbonyl (C=O) groups is 1. The van der Waals surface area contributed by atoms with Crippen molar-refractivity contribution < 1.29 is 4.79 Å². The fourth-order valence-electron chi connectivity index (χ4n) is 2.95. The molecule has 0 amide bonds. The summed E-state index contributed by atoms with van der Waals surface area (Å²) in [4.78, 5) is 19.4. The Morgan fingerprint density at radius 2 is 1.72 bits per heavy atom. The molecule has 0 aliphatic carbocycles. The van der Waals surface area contributed by atoms with Crippen LogP contribution < -0.4 is 10.2 Å². The minimum atomic E-state index is -0.0590. The number of nitrogens with one attached hydrogen (secondary N) is 1. The van der Waals surface area contributed by atoms with Gasteiger partial charge in [-0.15, -0.1) is 5.10 Å². The molecule has 0 fully saturated rings. The van der Waals surface area contributed by atoms with Crippen LogP contribution in [0.4, 0.5) is 11.6 Å². The van der Waals surface area contributed by atoms with E-state index in [1.807, 2.05) is 59.1 Å². The zero-order valence-electron chi connectivity index (χ0n) is 17.8. The van der Waals surface area contributed by atoms with E-state index in [2.05, 4.69) is 44.6 Å². The Kier molecular flexibility index (Phi) is 6.32. The minimum absolute atomic E-state index is 0.0590. The molecular formula is C23H29N5O. The number of aromatic nitrogens is 3.